The van der Waals surface area contributed by atoms with Crippen LogP contribution in [0.15, 0.2) is 29.2 Å². The Labute approximate surface area is 144 Å². The molecule has 6 nitrogen and oxygen atoms in total. The number of piperazine rings is 1. The van der Waals surface area contributed by atoms with Crippen molar-refractivity contribution in [2.45, 2.75) is 44.7 Å². The zero-order valence-corrected chi connectivity index (χ0v) is 15.6. The third-order valence-corrected chi connectivity index (χ3v) is 6.20. The van der Waals surface area contributed by atoms with Gasteiger partial charge in [-0.1, -0.05) is 17.7 Å². The molecule has 1 atom stereocenters. The van der Waals surface area contributed by atoms with Gasteiger partial charge in [0.05, 0.1) is 10.9 Å². The maximum atomic E-state index is 12.7. The summed E-state index contributed by atoms with van der Waals surface area (Å²) in [7, 11) is -3.46. The van der Waals surface area contributed by atoms with Gasteiger partial charge in [-0.05, 0) is 39.8 Å². The minimum atomic E-state index is -3.46. The number of nitrogens with one attached hydrogen (secondary N) is 1. The summed E-state index contributed by atoms with van der Waals surface area (Å²) in [5.41, 5.74) is 1.03. The highest BCUT2D eigenvalue weighted by molar-refractivity contribution is 7.89. The highest BCUT2D eigenvalue weighted by Gasteiger charge is 2.31. The van der Waals surface area contributed by atoms with Crippen molar-refractivity contribution < 1.29 is 13.2 Å². The second kappa shape index (κ2) is 7.63. The first-order valence-electron chi connectivity index (χ1n) is 8.33. The van der Waals surface area contributed by atoms with E-state index in [2.05, 4.69) is 5.32 Å². The van der Waals surface area contributed by atoms with E-state index in [-0.39, 0.29) is 18.0 Å². The molecule has 1 aromatic rings. The Kier molecular flexibility index (Phi) is 6.01. The van der Waals surface area contributed by atoms with E-state index < -0.39 is 10.0 Å². The summed E-state index contributed by atoms with van der Waals surface area (Å²) in [5.74, 6) is -0.0140. The average Bonchev–Trinajstić information content (AvgIpc) is 2.54. The van der Waals surface area contributed by atoms with Crippen LogP contribution in [0.1, 0.15) is 26.3 Å². The van der Waals surface area contributed by atoms with Crippen molar-refractivity contribution in [3.05, 3.63) is 29.8 Å². The van der Waals surface area contributed by atoms with Gasteiger partial charge in [-0.25, -0.2) is 8.42 Å². The van der Waals surface area contributed by atoms with Crippen LogP contribution in [0.3, 0.4) is 0 Å². The van der Waals surface area contributed by atoms with Crippen molar-refractivity contribution in [1.29, 1.82) is 0 Å². The molecule has 0 aromatic heterocycles. The average molecular weight is 353 g/mol. The summed E-state index contributed by atoms with van der Waals surface area (Å²) in [6.45, 7) is 9.55. The summed E-state index contributed by atoms with van der Waals surface area (Å²) >= 11 is 0. The number of nitrogens with zero attached hydrogens (tertiary/aromatic N) is 2. The first-order chi connectivity index (χ1) is 11.2. The van der Waals surface area contributed by atoms with E-state index in [1.54, 1.807) is 12.1 Å². The summed E-state index contributed by atoms with van der Waals surface area (Å²) in [4.78, 5) is 14.5. The number of carbonyl (C=O) groups is 1. The SMILES string of the molecule is Cc1ccc(S(=O)(=O)N2CCN(C(C)C(=O)NC(C)C)CC2)cc1. The molecule has 0 bridgehead atoms. The fourth-order valence-corrected chi connectivity index (χ4v) is 4.18. The van der Waals surface area contributed by atoms with Crippen LogP contribution >= 0.6 is 0 Å². The predicted molar refractivity (Wildman–Crippen MR) is 94.3 cm³/mol. The van der Waals surface area contributed by atoms with Crippen LogP contribution in [0.2, 0.25) is 0 Å². The number of aryl methyl sites for hydroxylation is 1. The number of amides is 1. The Balaban J connectivity index is 1.99. The van der Waals surface area contributed by atoms with Crippen molar-refractivity contribution in [2.75, 3.05) is 26.2 Å². The summed E-state index contributed by atoms with van der Waals surface area (Å²) in [6.07, 6.45) is 0. The molecule has 2 rings (SSSR count). The predicted octanol–water partition coefficient (Wildman–Crippen LogP) is 1.21. The van der Waals surface area contributed by atoms with Gasteiger partial charge in [0.15, 0.2) is 0 Å². The maximum absolute atomic E-state index is 12.7. The van der Waals surface area contributed by atoms with Crippen molar-refractivity contribution >= 4 is 15.9 Å². The smallest absolute Gasteiger partial charge is 0.243 e. The Morgan fingerprint density at radius 3 is 2.08 bits per heavy atom. The van der Waals surface area contributed by atoms with Gasteiger partial charge in [0.25, 0.3) is 0 Å². The molecule has 1 aliphatic heterocycles. The van der Waals surface area contributed by atoms with E-state index in [4.69, 9.17) is 0 Å². The molecular formula is C17H27N3O3S. The van der Waals surface area contributed by atoms with Gasteiger partial charge >= 0.3 is 0 Å². The third-order valence-electron chi connectivity index (χ3n) is 4.29. The Morgan fingerprint density at radius 2 is 1.58 bits per heavy atom. The summed E-state index contributed by atoms with van der Waals surface area (Å²) < 4.78 is 26.9. The van der Waals surface area contributed by atoms with Crippen LogP contribution < -0.4 is 5.32 Å². The fourth-order valence-electron chi connectivity index (χ4n) is 2.76. The molecule has 1 saturated heterocycles. The quantitative estimate of drug-likeness (QED) is 0.864. The molecular weight excluding hydrogens is 326 g/mol. The molecule has 24 heavy (non-hydrogen) atoms. The number of rotatable bonds is 5. The van der Waals surface area contributed by atoms with Crippen molar-refractivity contribution in [1.82, 2.24) is 14.5 Å². The number of benzene rings is 1. The van der Waals surface area contributed by atoms with E-state index >= 15 is 0 Å². The molecule has 0 saturated carbocycles. The van der Waals surface area contributed by atoms with E-state index in [1.807, 2.05) is 44.7 Å². The van der Waals surface area contributed by atoms with E-state index in [0.717, 1.165) is 5.56 Å². The number of sulfonamides is 1. The fraction of sp³-hybridized carbons (Fsp3) is 0.588. The Hall–Kier alpha value is -1.44. The molecule has 7 heteroatoms. The topological polar surface area (TPSA) is 69.7 Å². The van der Waals surface area contributed by atoms with Crippen molar-refractivity contribution in [3.8, 4) is 0 Å². The van der Waals surface area contributed by atoms with E-state index in [0.29, 0.717) is 31.1 Å². The van der Waals surface area contributed by atoms with E-state index in [1.165, 1.54) is 4.31 Å². The molecule has 0 spiro atoms. The van der Waals surface area contributed by atoms with Crippen LogP contribution in [-0.2, 0) is 14.8 Å². The summed E-state index contributed by atoms with van der Waals surface area (Å²) in [5, 5.41) is 2.90. The van der Waals surface area contributed by atoms with Crippen LogP contribution in [0.4, 0.5) is 0 Å². The van der Waals surface area contributed by atoms with Gasteiger partial charge in [-0.15, -0.1) is 0 Å². The molecule has 1 heterocycles. The third kappa shape index (κ3) is 4.34. The molecule has 1 amide bonds. The minimum absolute atomic E-state index is 0.0140. The van der Waals surface area contributed by atoms with Gasteiger partial charge in [0, 0.05) is 32.2 Å². The molecule has 134 valence electrons. The van der Waals surface area contributed by atoms with Crippen LogP contribution in [0.25, 0.3) is 0 Å². The van der Waals surface area contributed by atoms with Crippen molar-refractivity contribution in [2.24, 2.45) is 0 Å². The van der Waals surface area contributed by atoms with Crippen LogP contribution in [0, 0.1) is 6.92 Å². The first-order valence-corrected chi connectivity index (χ1v) is 9.77. The summed E-state index contributed by atoms with van der Waals surface area (Å²) in [6, 6.07) is 6.76. The number of hydrogen-bond acceptors (Lipinski definition) is 4. The lowest BCUT2D eigenvalue weighted by Crippen LogP contribution is -2.55. The van der Waals surface area contributed by atoms with Crippen LogP contribution in [0.5, 0.6) is 0 Å². The lowest BCUT2D eigenvalue weighted by molar-refractivity contribution is -0.126. The highest BCUT2D eigenvalue weighted by atomic mass is 32.2. The largest absolute Gasteiger partial charge is 0.353 e. The minimum Gasteiger partial charge on any atom is -0.353 e. The van der Waals surface area contributed by atoms with Gasteiger partial charge in [-0.2, -0.15) is 4.31 Å². The molecule has 0 radical (unpaired) electrons. The molecule has 1 fully saturated rings. The Morgan fingerprint density at radius 1 is 1.04 bits per heavy atom. The van der Waals surface area contributed by atoms with Crippen LogP contribution in [-0.4, -0.2) is 61.8 Å². The monoisotopic (exact) mass is 353 g/mol. The first kappa shape index (κ1) is 18.9. The normalized spacial score (nSPS) is 18.5. The second-order valence-corrected chi connectivity index (χ2v) is 8.53. The zero-order chi connectivity index (χ0) is 17.9. The Bertz CT molecular complexity index is 663. The number of hydrogen-bond donors (Lipinski definition) is 1. The molecule has 1 aromatic carbocycles. The molecule has 1 aliphatic rings. The van der Waals surface area contributed by atoms with Gasteiger partial charge < -0.3 is 5.32 Å². The number of carbonyl (C=O) groups excluding carboxylic acids is 1. The molecule has 1 unspecified atom stereocenters. The van der Waals surface area contributed by atoms with E-state index in [9.17, 15) is 13.2 Å². The molecule has 1 N–H and O–H groups in total. The van der Waals surface area contributed by atoms with Gasteiger partial charge in [0.2, 0.25) is 15.9 Å². The maximum Gasteiger partial charge on any atom is 0.243 e. The highest BCUT2D eigenvalue weighted by Crippen LogP contribution is 2.19. The lowest BCUT2D eigenvalue weighted by atomic mass is 10.2. The zero-order valence-electron chi connectivity index (χ0n) is 14.8. The molecule has 0 aliphatic carbocycles. The van der Waals surface area contributed by atoms with Gasteiger partial charge in [0.1, 0.15) is 0 Å². The van der Waals surface area contributed by atoms with Gasteiger partial charge in [-0.3, -0.25) is 9.69 Å². The lowest BCUT2D eigenvalue weighted by Gasteiger charge is -2.37. The standard InChI is InChI=1S/C17H27N3O3S/c1-13(2)18-17(21)15(4)19-9-11-20(12-10-19)24(22,23)16-7-5-14(3)6-8-16/h5-8,13,15H,9-12H2,1-4H3,(H,18,21). The second-order valence-electron chi connectivity index (χ2n) is 6.59. The van der Waals surface area contributed by atoms with Crippen molar-refractivity contribution in [3.63, 3.8) is 0 Å².